The SMILES string of the molecule is CC/C=C\C/C=C\C/C=C\C/C=C\CCCCCCCCC(=O)OCC(COCCCCCCCC/C=C\CCCCCC)OC(=O)CCCCCCC/C=C\CCCCCC. The van der Waals surface area contributed by atoms with Crippen LogP contribution in [0.1, 0.15) is 252 Å². The average molecular weight is 865 g/mol. The van der Waals surface area contributed by atoms with Gasteiger partial charge in [-0.05, 0) is 109 Å². The van der Waals surface area contributed by atoms with Gasteiger partial charge in [0, 0.05) is 19.4 Å². The van der Waals surface area contributed by atoms with E-state index < -0.39 is 6.10 Å². The summed E-state index contributed by atoms with van der Waals surface area (Å²) < 4.78 is 17.4. The first kappa shape index (κ1) is 59.3. The summed E-state index contributed by atoms with van der Waals surface area (Å²) in [5.41, 5.74) is 0. The fourth-order valence-electron chi connectivity index (χ4n) is 7.25. The first-order valence-electron chi connectivity index (χ1n) is 26.5. The maximum absolute atomic E-state index is 12.8. The first-order valence-corrected chi connectivity index (χ1v) is 26.5. The topological polar surface area (TPSA) is 61.8 Å². The van der Waals surface area contributed by atoms with Crippen LogP contribution in [0.3, 0.4) is 0 Å². The second-order valence-electron chi connectivity index (χ2n) is 17.4. The summed E-state index contributed by atoms with van der Waals surface area (Å²) in [7, 11) is 0. The highest BCUT2D eigenvalue weighted by molar-refractivity contribution is 5.70. The minimum atomic E-state index is -0.551. The number of carbonyl (C=O) groups excluding carboxylic acids is 2. The molecular formula is C57H100O5. The third-order valence-corrected chi connectivity index (χ3v) is 11.2. The van der Waals surface area contributed by atoms with Crippen molar-refractivity contribution in [1.82, 2.24) is 0 Å². The molecule has 0 heterocycles. The predicted octanol–water partition coefficient (Wildman–Crippen LogP) is 17.9. The highest BCUT2D eigenvalue weighted by atomic mass is 16.6. The lowest BCUT2D eigenvalue weighted by atomic mass is 10.1. The van der Waals surface area contributed by atoms with Crippen LogP contribution in [0.15, 0.2) is 72.9 Å². The Bertz CT molecular complexity index is 1110. The Kier molecular flexibility index (Phi) is 50.4. The summed E-state index contributed by atoms with van der Waals surface area (Å²) in [5.74, 6) is -0.423. The van der Waals surface area contributed by atoms with Crippen molar-refractivity contribution < 1.29 is 23.8 Å². The molecule has 5 heteroatoms. The van der Waals surface area contributed by atoms with Crippen molar-refractivity contribution in [1.29, 1.82) is 0 Å². The van der Waals surface area contributed by atoms with Gasteiger partial charge >= 0.3 is 11.9 Å². The molecule has 1 unspecified atom stereocenters. The van der Waals surface area contributed by atoms with Crippen molar-refractivity contribution in [2.24, 2.45) is 0 Å². The molecule has 5 nitrogen and oxygen atoms in total. The molecule has 0 aromatic carbocycles. The van der Waals surface area contributed by atoms with Gasteiger partial charge in [0.2, 0.25) is 0 Å². The molecule has 0 aliphatic rings. The van der Waals surface area contributed by atoms with E-state index >= 15 is 0 Å². The van der Waals surface area contributed by atoms with Gasteiger partial charge in [0.15, 0.2) is 6.10 Å². The Balaban J connectivity index is 4.29. The fraction of sp³-hybridized carbons (Fsp3) is 0.754. The number of allylic oxidation sites excluding steroid dienone is 12. The third-order valence-electron chi connectivity index (χ3n) is 11.2. The molecule has 0 fully saturated rings. The van der Waals surface area contributed by atoms with Crippen LogP contribution < -0.4 is 0 Å². The molecule has 0 amide bonds. The van der Waals surface area contributed by atoms with E-state index in [0.717, 1.165) is 89.9 Å². The molecule has 0 aliphatic carbocycles. The van der Waals surface area contributed by atoms with Crippen LogP contribution in [-0.2, 0) is 23.8 Å². The summed E-state index contributed by atoms with van der Waals surface area (Å²) in [6, 6.07) is 0. The number of carbonyl (C=O) groups is 2. The highest BCUT2D eigenvalue weighted by Crippen LogP contribution is 2.14. The molecule has 0 aliphatic heterocycles. The van der Waals surface area contributed by atoms with Gasteiger partial charge < -0.3 is 14.2 Å². The first-order chi connectivity index (χ1) is 30.6. The summed E-state index contributed by atoms with van der Waals surface area (Å²) >= 11 is 0. The minimum absolute atomic E-state index is 0.0706. The second-order valence-corrected chi connectivity index (χ2v) is 17.4. The molecule has 0 N–H and O–H groups in total. The quantitative estimate of drug-likeness (QED) is 0.0346. The smallest absolute Gasteiger partial charge is 0.306 e. The minimum Gasteiger partial charge on any atom is -0.462 e. The van der Waals surface area contributed by atoms with Crippen LogP contribution in [-0.4, -0.2) is 37.9 Å². The van der Waals surface area contributed by atoms with Gasteiger partial charge in [0.25, 0.3) is 0 Å². The van der Waals surface area contributed by atoms with Crippen molar-refractivity contribution in [3.63, 3.8) is 0 Å². The lowest BCUT2D eigenvalue weighted by Crippen LogP contribution is -2.30. The molecule has 0 spiro atoms. The number of esters is 2. The summed E-state index contributed by atoms with van der Waals surface area (Å²) in [5, 5.41) is 0. The summed E-state index contributed by atoms with van der Waals surface area (Å²) in [4.78, 5) is 25.4. The Morgan fingerprint density at radius 3 is 1.18 bits per heavy atom. The van der Waals surface area contributed by atoms with Gasteiger partial charge in [-0.1, -0.05) is 203 Å². The number of ether oxygens (including phenoxy) is 3. The van der Waals surface area contributed by atoms with Gasteiger partial charge in [0.05, 0.1) is 6.61 Å². The molecule has 0 radical (unpaired) electrons. The molecule has 0 rings (SSSR count). The van der Waals surface area contributed by atoms with E-state index in [0.29, 0.717) is 19.4 Å². The third kappa shape index (κ3) is 50.0. The molecule has 0 aromatic heterocycles. The van der Waals surface area contributed by atoms with E-state index in [1.807, 2.05) is 0 Å². The van der Waals surface area contributed by atoms with Gasteiger partial charge in [-0.25, -0.2) is 0 Å². The Hall–Kier alpha value is -2.66. The molecule has 0 bridgehead atoms. The van der Waals surface area contributed by atoms with Crippen LogP contribution >= 0.6 is 0 Å². The summed E-state index contributed by atoms with van der Waals surface area (Å²) in [6.45, 7) is 7.67. The van der Waals surface area contributed by atoms with Gasteiger partial charge in [-0.15, -0.1) is 0 Å². The molecular weight excluding hydrogens is 765 g/mol. The average Bonchev–Trinajstić information content (AvgIpc) is 3.27. The predicted molar refractivity (Wildman–Crippen MR) is 270 cm³/mol. The molecule has 62 heavy (non-hydrogen) atoms. The van der Waals surface area contributed by atoms with Crippen molar-refractivity contribution in [2.75, 3.05) is 19.8 Å². The summed E-state index contributed by atoms with van der Waals surface area (Å²) in [6.07, 6.45) is 67.6. The van der Waals surface area contributed by atoms with Crippen LogP contribution in [0.2, 0.25) is 0 Å². The fourth-order valence-corrected chi connectivity index (χ4v) is 7.25. The molecule has 1 atom stereocenters. The maximum atomic E-state index is 12.8. The number of hydrogen-bond donors (Lipinski definition) is 0. The Morgan fingerprint density at radius 2 is 0.726 bits per heavy atom. The van der Waals surface area contributed by atoms with Gasteiger partial charge in [-0.3, -0.25) is 9.59 Å². The van der Waals surface area contributed by atoms with E-state index in [4.69, 9.17) is 14.2 Å². The maximum Gasteiger partial charge on any atom is 0.306 e. The zero-order valence-corrected chi connectivity index (χ0v) is 41.1. The molecule has 0 aromatic rings. The standard InChI is InChI=1S/C57H100O5/c1-4-7-10-13-16-19-22-25-27-28-29-30-31-33-35-38-41-44-47-50-56(58)61-54-55(53-60-52-49-46-43-40-37-34-26-23-20-17-14-11-8-5-2)62-57(59)51-48-45-42-39-36-32-24-21-18-15-12-9-6-3/h7,10,16,19-21,23-25,27,29-30,55H,4-6,8-9,11-15,17-18,22,26,28,31-54H2,1-3H3/b10-7-,19-16-,23-20-,24-21-,27-25-,30-29-. The van der Waals surface area contributed by atoms with E-state index in [1.54, 1.807) is 0 Å². The van der Waals surface area contributed by atoms with Gasteiger partial charge in [-0.2, -0.15) is 0 Å². The van der Waals surface area contributed by atoms with Crippen molar-refractivity contribution in [3.05, 3.63) is 72.9 Å². The molecule has 0 saturated carbocycles. The molecule has 0 saturated heterocycles. The largest absolute Gasteiger partial charge is 0.462 e. The number of hydrogen-bond acceptors (Lipinski definition) is 5. The monoisotopic (exact) mass is 865 g/mol. The lowest BCUT2D eigenvalue weighted by molar-refractivity contribution is -0.163. The Morgan fingerprint density at radius 1 is 0.371 bits per heavy atom. The van der Waals surface area contributed by atoms with Crippen molar-refractivity contribution in [2.45, 2.75) is 258 Å². The lowest BCUT2D eigenvalue weighted by Gasteiger charge is -2.18. The molecule has 358 valence electrons. The van der Waals surface area contributed by atoms with E-state index in [1.165, 1.54) is 128 Å². The zero-order chi connectivity index (χ0) is 44.9. The van der Waals surface area contributed by atoms with E-state index in [2.05, 4.69) is 93.7 Å². The van der Waals surface area contributed by atoms with Crippen molar-refractivity contribution in [3.8, 4) is 0 Å². The normalized spacial score (nSPS) is 12.8. The van der Waals surface area contributed by atoms with Crippen LogP contribution in [0, 0.1) is 0 Å². The van der Waals surface area contributed by atoms with E-state index in [-0.39, 0.29) is 25.2 Å². The number of rotatable bonds is 48. The van der Waals surface area contributed by atoms with Crippen LogP contribution in [0.4, 0.5) is 0 Å². The van der Waals surface area contributed by atoms with Crippen LogP contribution in [0.5, 0.6) is 0 Å². The van der Waals surface area contributed by atoms with E-state index in [9.17, 15) is 9.59 Å². The van der Waals surface area contributed by atoms with Crippen LogP contribution in [0.25, 0.3) is 0 Å². The second kappa shape index (κ2) is 52.7. The highest BCUT2D eigenvalue weighted by Gasteiger charge is 2.17. The van der Waals surface area contributed by atoms with Gasteiger partial charge in [0.1, 0.15) is 6.61 Å². The zero-order valence-electron chi connectivity index (χ0n) is 41.1. The number of unbranched alkanes of at least 4 members (excludes halogenated alkanes) is 25. The Labute approximate surface area is 385 Å². The van der Waals surface area contributed by atoms with Crippen molar-refractivity contribution >= 4 is 11.9 Å².